The van der Waals surface area contributed by atoms with E-state index in [9.17, 15) is 9.18 Å². The Morgan fingerprint density at radius 3 is 2.71 bits per heavy atom. The third-order valence-corrected chi connectivity index (χ3v) is 6.56. The SMILES string of the molecule is COc1cc2c(cc1C(=O)NC1CCCCC1)nc(NC1C(Cl)=CC=C(C)C1F)n2C. The number of aromatic nitrogens is 2. The Bertz CT molecular complexity index is 1060. The number of aryl methyl sites for hydroxylation is 1. The quantitative estimate of drug-likeness (QED) is 0.689. The van der Waals surface area contributed by atoms with Crippen molar-refractivity contribution in [3.63, 3.8) is 0 Å². The predicted molar refractivity (Wildman–Crippen MR) is 122 cm³/mol. The zero-order chi connectivity index (χ0) is 22.1. The Hall–Kier alpha value is -2.54. The number of halogens is 2. The highest BCUT2D eigenvalue weighted by atomic mass is 35.5. The van der Waals surface area contributed by atoms with Gasteiger partial charge in [0.2, 0.25) is 5.95 Å². The highest BCUT2D eigenvalue weighted by Crippen LogP contribution is 2.31. The van der Waals surface area contributed by atoms with Gasteiger partial charge in [-0.1, -0.05) is 36.9 Å². The van der Waals surface area contributed by atoms with Crippen LogP contribution in [0.2, 0.25) is 0 Å². The van der Waals surface area contributed by atoms with Gasteiger partial charge in [0.1, 0.15) is 11.9 Å². The molecule has 31 heavy (non-hydrogen) atoms. The number of fused-ring (bicyclic) bond motifs is 1. The topological polar surface area (TPSA) is 68.2 Å². The van der Waals surface area contributed by atoms with Crippen LogP contribution < -0.4 is 15.4 Å². The van der Waals surface area contributed by atoms with Crippen molar-refractivity contribution in [2.24, 2.45) is 7.05 Å². The zero-order valence-corrected chi connectivity index (χ0v) is 18.8. The van der Waals surface area contributed by atoms with Crippen LogP contribution in [0.25, 0.3) is 11.0 Å². The van der Waals surface area contributed by atoms with Gasteiger partial charge >= 0.3 is 0 Å². The molecule has 1 amide bonds. The van der Waals surface area contributed by atoms with E-state index in [1.54, 1.807) is 38.3 Å². The molecule has 2 aliphatic carbocycles. The lowest BCUT2D eigenvalue weighted by molar-refractivity contribution is 0.0925. The van der Waals surface area contributed by atoms with Crippen LogP contribution in [-0.2, 0) is 7.05 Å². The Labute approximate surface area is 186 Å². The molecular weight excluding hydrogens is 419 g/mol. The number of amides is 1. The summed E-state index contributed by atoms with van der Waals surface area (Å²) in [6.45, 7) is 1.73. The summed E-state index contributed by atoms with van der Waals surface area (Å²) in [5.74, 6) is 0.789. The Balaban J connectivity index is 1.63. The molecule has 1 heterocycles. The highest BCUT2D eigenvalue weighted by Gasteiger charge is 2.29. The first-order chi connectivity index (χ1) is 14.9. The van der Waals surface area contributed by atoms with Gasteiger partial charge < -0.3 is 19.9 Å². The number of nitrogens with one attached hydrogen (secondary N) is 2. The number of alkyl halides is 1. The molecule has 2 unspecified atom stereocenters. The number of hydrogen-bond donors (Lipinski definition) is 2. The minimum atomic E-state index is -1.25. The van der Waals surface area contributed by atoms with E-state index in [1.807, 2.05) is 11.6 Å². The predicted octanol–water partition coefficient (Wildman–Crippen LogP) is 4.85. The molecule has 6 nitrogen and oxygen atoms in total. The number of allylic oxidation sites excluding steroid dienone is 2. The summed E-state index contributed by atoms with van der Waals surface area (Å²) < 4.78 is 22.0. The molecule has 0 aliphatic heterocycles. The number of rotatable bonds is 5. The monoisotopic (exact) mass is 446 g/mol. The summed E-state index contributed by atoms with van der Waals surface area (Å²) in [6.07, 6.45) is 7.64. The van der Waals surface area contributed by atoms with E-state index in [-0.39, 0.29) is 11.9 Å². The lowest BCUT2D eigenvalue weighted by Gasteiger charge is -2.25. The molecule has 0 radical (unpaired) electrons. The molecular formula is C23H28ClFN4O2. The van der Waals surface area contributed by atoms with E-state index in [4.69, 9.17) is 16.3 Å². The van der Waals surface area contributed by atoms with Crippen LogP contribution in [0, 0.1) is 0 Å². The molecule has 2 aliphatic rings. The number of carbonyl (C=O) groups excluding carboxylic acids is 1. The Kier molecular flexibility index (Phi) is 6.23. The standard InChI is InChI=1S/C23H28ClFN4O2/c1-13-9-10-16(24)21(20(13)25)28-23-27-17-11-15(19(31-3)12-18(17)29(23)2)22(30)26-14-7-5-4-6-8-14/h9-12,14,20-21H,4-8H2,1-3H3,(H,26,30)(H,27,28). The van der Waals surface area contributed by atoms with Gasteiger partial charge in [-0.25, -0.2) is 9.37 Å². The minimum Gasteiger partial charge on any atom is -0.496 e. The average Bonchev–Trinajstić information content (AvgIpc) is 3.08. The van der Waals surface area contributed by atoms with Crippen molar-refractivity contribution in [3.8, 4) is 5.75 Å². The van der Waals surface area contributed by atoms with E-state index in [0.717, 1.165) is 31.2 Å². The van der Waals surface area contributed by atoms with Crippen molar-refractivity contribution < 1.29 is 13.9 Å². The normalized spacial score (nSPS) is 22.1. The van der Waals surface area contributed by atoms with Gasteiger partial charge in [0, 0.05) is 24.2 Å². The average molecular weight is 447 g/mol. The second-order valence-corrected chi connectivity index (χ2v) is 8.77. The number of hydrogen-bond acceptors (Lipinski definition) is 4. The molecule has 2 aromatic rings. The van der Waals surface area contributed by atoms with Gasteiger partial charge in [0.15, 0.2) is 0 Å². The third-order valence-electron chi connectivity index (χ3n) is 6.20. The van der Waals surface area contributed by atoms with Crippen LogP contribution in [0.4, 0.5) is 10.3 Å². The minimum absolute atomic E-state index is 0.159. The molecule has 1 fully saturated rings. The smallest absolute Gasteiger partial charge is 0.255 e. The molecule has 0 spiro atoms. The Morgan fingerprint density at radius 2 is 2.00 bits per heavy atom. The molecule has 1 saturated carbocycles. The fourth-order valence-corrected chi connectivity index (χ4v) is 4.52. The number of methoxy groups -OCH3 is 1. The van der Waals surface area contributed by atoms with Gasteiger partial charge in [0.25, 0.3) is 5.91 Å². The van der Waals surface area contributed by atoms with Gasteiger partial charge in [0.05, 0.1) is 29.7 Å². The first-order valence-corrected chi connectivity index (χ1v) is 11.1. The molecule has 0 saturated heterocycles. The van der Waals surface area contributed by atoms with Crippen LogP contribution >= 0.6 is 11.6 Å². The van der Waals surface area contributed by atoms with Crippen LogP contribution in [0.1, 0.15) is 49.4 Å². The molecule has 1 aromatic heterocycles. The molecule has 166 valence electrons. The zero-order valence-electron chi connectivity index (χ0n) is 18.0. The maximum absolute atomic E-state index is 14.7. The van der Waals surface area contributed by atoms with Crippen molar-refractivity contribution in [2.45, 2.75) is 57.3 Å². The second-order valence-electron chi connectivity index (χ2n) is 8.33. The van der Waals surface area contributed by atoms with Crippen molar-refractivity contribution >= 4 is 34.5 Å². The fourth-order valence-electron chi connectivity index (χ4n) is 4.30. The number of imidazole rings is 1. The summed E-state index contributed by atoms with van der Waals surface area (Å²) in [4.78, 5) is 17.6. The number of anilines is 1. The second kappa shape index (κ2) is 8.91. The van der Waals surface area contributed by atoms with Gasteiger partial charge in [-0.2, -0.15) is 0 Å². The van der Waals surface area contributed by atoms with Crippen LogP contribution in [-0.4, -0.2) is 40.8 Å². The van der Waals surface area contributed by atoms with Crippen LogP contribution in [0.5, 0.6) is 5.75 Å². The maximum Gasteiger partial charge on any atom is 0.255 e. The van der Waals surface area contributed by atoms with Crippen molar-refractivity contribution in [2.75, 3.05) is 12.4 Å². The van der Waals surface area contributed by atoms with Gasteiger partial charge in [-0.3, -0.25) is 4.79 Å². The van der Waals surface area contributed by atoms with Crippen molar-refractivity contribution in [3.05, 3.63) is 40.5 Å². The summed E-state index contributed by atoms with van der Waals surface area (Å²) in [6, 6.07) is 3.01. The number of ether oxygens (including phenoxy) is 1. The number of nitrogens with zero attached hydrogens (tertiary/aromatic N) is 2. The van der Waals surface area contributed by atoms with Gasteiger partial charge in [-0.05, 0) is 37.5 Å². The molecule has 0 bridgehead atoms. The van der Waals surface area contributed by atoms with Crippen LogP contribution in [0.3, 0.4) is 0 Å². The third kappa shape index (κ3) is 4.28. The number of benzene rings is 1. The van der Waals surface area contributed by atoms with E-state index in [0.29, 0.717) is 33.4 Å². The van der Waals surface area contributed by atoms with E-state index < -0.39 is 12.2 Å². The first kappa shape index (κ1) is 21.7. The van der Waals surface area contributed by atoms with E-state index in [1.165, 1.54) is 6.42 Å². The lowest BCUT2D eigenvalue weighted by Crippen LogP contribution is -2.36. The summed E-state index contributed by atoms with van der Waals surface area (Å²) >= 11 is 6.25. The summed E-state index contributed by atoms with van der Waals surface area (Å²) in [5, 5.41) is 6.63. The van der Waals surface area contributed by atoms with Gasteiger partial charge in [-0.15, -0.1) is 0 Å². The van der Waals surface area contributed by atoms with E-state index >= 15 is 0 Å². The van der Waals surface area contributed by atoms with Crippen molar-refractivity contribution in [1.29, 1.82) is 0 Å². The largest absolute Gasteiger partial charge is 0.496 e. The molecule has 8 heteroatoms. The molecule has 2 atom stereocenters. The maximum atomic E-state index is 14.7. The molecule has 4 rings (SSSR count). The summed E-state index contributed by atoms with van der Waals surface area (Å²) in [5.41, 5.74) is 2.44. The number of carbonyl (C=O) groups is 1. The summed E-state index contributed by atoms with van der Waals surface area (Å²) in [7, 11) is 3.37. The van der Waals surface area contributed by atoms with E-state index in [2.05, 4.69) is 15.6 Å². The molecule has 1 aromatic carbocycles. The fraction of sp³-hybridized carbons (Fsp3) is 0.478. The first-order valence-electron chi connectivity index (χ1n) is 10.7. The Morgan fingerprint density at radius 1 is 1.26 bits per heavy atom. The molecule has 2 N–H and O–H groups in total. The van der Waals surface area contributed by atoms with Crippen LogP contribution in [0.15, 0.2) is 34.9 Å². The lowest BCUT2D eigenvalue weighted by atomic mass is 9.95. The highest BCUT2D eigenvalue weighted by molar-refractivity contribution is 6.30. The van der Waals surface area contributed by atoms with Crippen molar-refractivity contribution in [1.82, 2.24) is 14.9 Å².